The molecule has 2 heterocycles. The minimum absolute atomic E-state index is 0.179. The summed E-state index contributed by atoms with van der Waals surface area (Å²) in [5, 5.41) is 5.72. The smallest absolute Gasteiger partial charge is 0.255 e. The molecule has 1 saturated heterocycles. The molecule has 7 nitrogen and oxygen atoms in total. The van der Waals surface area contributed by atoms with E-state index in [-0.39, 0.29) is 11.8 Å². The van der Waals surface area contributed by atoms with Crippen molar-refractivity contribution in [1.29, 1.82) is 0 Å². The number of nitrogens with zero attached hydrogens (tertiary/aromatic N) is 1. The maximum atomic E-state index is 12.7. The van der Waals surface area contributed by atoms with Crippen molar-refractivity contribution in [3.8, 4) is 11.4 Å². The molecule has 1 atom stereocenters. The monoisotopic (exact) mass is 426 g/mol. The molecule has 1 aliphatic rings. The number of fused-ring (bicyclic) bond motifs is 1. The van der Waals surface area contributed by atoms with E-state index in [9.17, 15) is 9.59 Å². The molecule has 3 N–H and O–H groups in total. The molecule has 1 unspecified atom stereocenters. The van der Waals surface area contributed by atoms with Crippen molar-refractivity contribution in [2.75, 3.05) is 17.2 Å². The van der Waals surface area contributed by atoms with Crippen LogP contribution in [0.5, 0.6) is 0 Å². The largest absolute Gasteiger partial charge is 0.368 e. The Balaban J connectivity index is 1.26. The van der Waals surface area contributed by atoms with Gasteiger partial charge in [0.1, 0.15) is 11.9 Å². The predicted molar refractivity (Wildman–Crippen MR) is 124 cm³/mol. The number of H-pyrrole nitrogens is 1. The first kappa shape index (κ1) is 20.0. The van der Waals surface area contributed by atoms with Crippen LogP contribution in [0.25, 0.3) is 22.4 Å². The average Bonchev–Trinajstić information content (AvgIpc) is 3.50. The fourth-order valence-corrected chi connectivity index (χ4v) is 3.75. The standard InChI is InChI=1S/C25H22N4O3/c30-24(17-5-3-6-19(15-17)27-25(31)22-9-4-14-32-22)26-18-12-10-16(11-13-18)23-28-20-7-1-2-8-21(20)29-23/h1-3,5-8,10-13,15,22H,4,9,14H2,(H,26,30)(H,27,31)(H,28,29). The van der Waals surface area contributed by atoms with Gasteiger partial charge in [0, 0.05) is 29.1 Å². The van der Waals surface area contributed by atoms with Crippen LogP contribution in [0.1, 0.15) is 23.2 Å². The summed E-state index contributed by atoms with van der Waals surface area (Å²) in [6, 6.07) is 22.2. The second-order valence-electron chi connectivity index (χ2n) is 7.71. The van der Waals surface area contributed by atoms with Crippen LogP contribution in [0.4, 0.5) is 11.4 Å². The zero-order valence-electron chi connectivity index (χ0n) is 17.3. The molecule has 1 fully saturated rings. The first-order valence-electron chi connectivity index (χ1n) is 10.5. The Labute approximate surface area is 184 Å². The van der Waals surface area contributed by atoms with Crippen molar-refractivity contribution in [2.24, 2.45) is 0 Å². The molecule has 0 radical (unpaired) electrons. The number of rotatable bonds is 5. The molecule has 1 aliphatic heterocycles. The van der Waals surface area contributed by atoms with Crippen LogP contribution in [-0.4, -0.2) is 34.5 Å². The van der Waals surface area contributed by atoms with Gasteiger partial charge in [0.15, 0.2) is 0 Å². The first-order chi connectivity index (χ1) is 15.7. The average molecular weight is 426 g/mol. The number of imidazole rings is 1. The van der Waals surface area contributed by atoms with E-state index < -0.39 is 6.10 Å². The van der Waals surface area contributed by atoms with Gasteiger partial charge in [-0.2, -0.15) is 0 Å². The van der Waals surface area contributed by atoms with Crippen molar-refractivity contribution >= 4 is 34.2 Å². The van der Waals surface area contributed by atoms with Gasteiger partial charge in [0.25, 0.3) is 11.8 Å². The second kappa shape index (κ2) is 8.64. The van der Waals surface area contributed by atoms with Gasteiger partial charge in [-0.3, -0.25) is 9.59 Å². The van der Waals surface area contributed by atoms with Gasteiger partial charge < -0.3 is 20.4 Å². The molecule has 0 saturated carbocycles. The molecule has 160 valence electrons. The summed E-state index contributed by atoms with van der Waals surface area (Å²) in [4.78, 5) is 32.9. The van der Waals surface area contributed by atoms with E-state index in [1.54, 1.807) is 24.3 Å². The number of hydrogen-bond donors (Lipinski definition) is 3. The Morgan fingerprint density at radius 2 is 1.78 bits per heavy atom. The molecule has 0 bridgehead atoms. The zero-order valence-corrected chi connectivity index (χ0v) is 17.3. The molecule has 7 heteroatoms. The van der Waals surface area contributed by atoms with E-state index >= 15 is 0 Å². The van der Waals surface area contributed by atoms with E-state index in [1.807, 2.05) is 48.5 Å². The second-order valence-corrected chi connectivity index (χ2v) is 7.71. The summed E-state index contributed by atoms with van der Waals surface area (Å²) < 4.78 is 5.40. The highest BCUT2D eigenvalue weighted by Crippen LogP contribution is 2.23. The Morgan fingerprint density at radius 1 is 0.938 bits per heavy atom. The molecular formula is C25H22N4O3. The van der Waals surface area contributed by atoms with Crippen LogP contribution in [0.2, 0.25) is 0 Å². The number of ether oxygens (including phenoxy) is 1. The molecule has 3 aromatic carbocycles. The molecule has 32 heavy (non-hydrogen) atoms. The Hall–Kier alpha value is -3.97. The lowest BCUT2D eigenvalue weighted by Gasteiger charge is -2.11. The highest BCUT2D eigenvalue weighted by molar-refractivity contribution is 6.05. The maximum absolute atomic E-state index is 12.7. The molecule has 0 spiro atoms. The summed E-state index contributed by atoms with van der Waals surface area (Å²) in [6.07, 6.45) is 1.18. The van der Waals surface area contributed by atoms with E-state index in [0.29, 0.717) is 23.5 Å². The van der Waals surface area contributed by atoms with Crippen LogP contribution >= 0.6 is 0 Å². The van der Waals surface area contributed by atoms with Crippen LogP contribution in [0.3, 0.4) is 0 Å². The highest BCUT2D eigenvalue weighted by Gasteiger charge is 2.23. The fraction of sp³-hybridized carbons (Fsp3) is 0.160. The first-order valence-corrected chi connectivity index (χ1v) is 10.5. The zero-order chi connectivity index (χ0) is 21.9. The number of benzene rings is 3. The van der Waals surface area contributed by atoms with Crippen molar-refractivity contribution in [1.82, 2.24) is 9.97 Å². The van der Waals surface area contributed by atoms with Crippen LogP contribution in [-0.2, 0) is 9.53 Å². The number of aromatic nitrogens is 2. The fourth-order valence-electron chi connectivity index (χ4n) is 3.75. The molecular weight excluding hydrogens is 404 g/mol. The third-order valence-corrected chi connectivity index (χ3v) is 5.42. The van der Waals surface area contributed by atoms with E-state index in [4.69, 9.17) is 4.74 Å². The molecule has 4 aromatic rings. The van der Waals surface area contributed by atoms with Crippen LogP contribution in [0, 0.1) is 0 Å². The summed E-state index contributed by atoms with van der Waals surface area (Å²) in [5.41, 5.74) is 4.51. The topological polar surface area (TPSA) is 96.1 Å². The lowest BCUT2D eigenvalue weighted by Crippen LogP contribution is -2.27. The lowest BCUT2D eigenvalue weighted by molar-refractivity contribution is -0.124. The van der Waals surface area contributed by atoms with Crippen molar-refractivity contribution < 1.29 is 14.3 Å². The number of carbonyl (C=O) groups is 2. The van der Waals surface area contributed by atoms with E-state index in [1.165, 1.54) is 0 Å². The molecule has 5 rings (SSSR count). The molecule has 1 aromatic heterocycles. The number of hydrogen-bond acceptors (Lipinski definition) is 4. The van der Waals surface area contributed by atoms with Gasteiger partial charge in [-0.1, -0.05) is 18.2 Å². The minimum Gasteiger partial charge on any atom is -0.368 e. The van der Waals surface area contributed by atoms with Gasteiger partial charge in [-0.05, 0) is 67.4 Å². The third-order valence-electron chi connectivity index (χ3n) is 5.42. The number of amides is 2. The number of para-hydroxylation sites is 2. The highest BCUT2D eigenvalue weighted by atomic mass is 16.5. The van der Waals surface area contributed by atoms with E-state index in [0.717, 1.165) is 35.3 Å². The van der Waals surface area contributed by atoms with E-state index in [2.05, 4.69) is 20.6 Å². The maximum Gasteiger partial charge on any atom is 0.255 e. The summed E-state index contributed by atoms with van der Waals surface area (Å²) in [7, 11) is 0. The Bertz CT molecular complexity index is 1240. The lowest BCUT2D eigenvalue weighted by atomic mass is 10.1. The summed E-state index contributed by atoms with van der Waals surface area (Å²) >= 11 is 0. The molecule has 2 amide bonds. The van der Waals surface area contributed by atoms with Crippen molar-refractivity contribution in [2.45, 2.75) is 18.9 Å². The number of aromatic amines is 1. The van der Waals surface area contributed by atoms with Gasteiger partial charge >= 0.3 is 0 Å². The number of carbonyl (C=O) groups excluding carboxylic acids is 2. The van der Waals surface area contributed by atoms with Gasteiger partial charge in [-0.15, -0.1) is 0 Å². The van der Waals surface area contributed by atoms with Crippen LogP contribution in [0.15, 0.2) is 72.8 Å². The van der Waals surface area contributed by atoms with Gasteiger partial charge in [0.2, 0.25) is 0 Å². The SMILES string of the molecule is O=C(Nc1ccc(-c2nc3ccccc3[nH]2)cc1)c1cccc(NC(=O)C2CCCO2)c1. The van der Waals surface area contributed by atoms with Crippen molar-refractivity contribution in [3.05, 3.63) is 78.4 Å². The number of nitrogens with one attached hydrogen (secondary N) is 3. The third kappa shape index (κ3) is 4.24. The normalized spacial score (nSPS) is 15.6. The van der Waals surface area contributed by atoms with Gasteiger partial charge in [0.05, 0.1) is 11.0 Å². The Kier molecular flexibility index (Phi) is 5.39. The van der Waals surface area contributed by atoms with Crippen molar-refractivity contribution in [3.63, 3.8) is 0 Å². The Morgan fingerprint density at radius 3 is 2.56 bits per heavy atom. The quantitative estimate of drug-likeness (QED) is 0.435. The van der Waals surface area contributed by atoms with Crippen LogP contribution < -0.4 is 10.6 Å². The number of anilines is 2. The summed E-state index contributed by atoms with van der Waals surface area (Å²) in [6.45, 7) is 0.607. The summed E-state index contributed by atoms with van der Waals surface area (Å²) in [5.74, 6) is 0.342. The predicted octanol–water partition coefficient (Wildman–Crippen LogP) is 4.60. The molecule has 0 aliphatic carbocycles. The van der Waals surface area contributed by atoms with Gasteiger partial charge in [-0.25, -0.2) is 4.98 Å². The minimum atomic E-state index is -0.419.